The summed E-state index contributed by atoms with van der Waals surface area (Å²) in [7, 11) is 0. The highest BCUT2D eigenvalue weighted by atomic mass is 35.5. The van der Waals surface area contributed by atoms with Gasteiger partial charge in [0, 0.05) is 0 Å². The van der Waals surface area contributed by atoms with Crippen molar-refractivity contribution in [2.24, 2.45) is 16.5 Å². The Balaban J connectivity index is 2.66. The number of para-hydroxylation sites is 1. The van der Waals surface area contributed by atoms with Crippen molar-refractivity contribution in [3.8, 4) is 0 Å². The van der Waals surface area contributed by atoms with Gasteiger partial charge in [0.25, 0.3) is 0 Å². The van der Waals surface area contributed by atoms with Crippen LogP contribution >= 0.6 is 11.6 Å². The highest BCUT2D eigenvalue weighted by molar-refractivity contribution is 6.67. The number of nitrogens with zero attached hydrogens (tertiary/aromatic N) is 1. The van der Waals surface area contributed by atoms with E-state index in [1.165, 1.54) is 0 Å². The first-order chi connectivity index (χ1) is 6.53. The second-order valence-corrected chi connectivity index (χ2v) is 4.10. The third kappa shape index (κ3) is 1.25. The monoisotopic (exact) mass is 209 g/mol. The number of benzene rings is 1. The molecule has 0 spiro atoms. The van der Waals surface area contributed by atoms with Crippen LogP contribution in [0.3, 0.4) is 0 Å². The van der Waals surface area contributed by atoms with Gasteiger partial charge in [-0.2, -0.15) is 0 Å². The highest BCUT2D eigenvalue weighted by Crippen LogP contribution is 2.35. The minimum atomic E-state index is -0.643. The Morgan fingerprint density at radius 3 is 2.79 bits per heavy atom. The zero-order chi connectivity index (χ0) is 10.3. The summed E-state index contributed by atoms with van der Waals surface area (Å²) in [5.74, 6) is 0. The van der Waals surface area contributed by atoms with E-state index in [-0.39, 0.29) is 0 Å². The Bertz CT molecular complexity index is 398. The quantitative estimate of drug-likeness (QED) is 0.680. The third-order valence-electron chi connectivity index (χ3n) is 2.61. The Labute approximate surface area is 87.8 Å². The molecule has 4 heteroatoms. The number of rotatable bonds is 0. The second-order valence-electron chi connectivity index (χ2n) is 3.71. The maximum atomic E-state index is 6.13. The molecule has 0 aromatic heterocycles. The maximum absolute atomic E-state index is 6.13. The third-order valence-corrected chi connectivity index (χ3v) is 2.93. The molecular formula is C10H12ClN3. The minimum absolute atomic E-state index is 0.369. The number of halogens is 1. The molecule has 2 atom stereocenters. The van der Waals surface area contributed by atoms with Gasteiger partial charge in [-0.1, -0.05) is 29.8 Å². The lowest BCUT2D eigenvalue weighted by Crippen LogP contribution is -2.54. The van der Waals surface area contributed by atoms with Gasteiger partial charge < -0.3 is 11.5 Å². The summed E-state index contributed by atoms with van der Waals surface area (Å²) in [4.78, 5) is 4.20. The fraction of sp³-hybridized carbons (Fsp3) is 0.300. The van der Waals surface area contributed by atoms with Crippen LogP contribution in [0.1, 0.15) is 12.5 Å². The van der Waals surface area contributed by atoms with Gasteiger partial charge in [0.1, 0.15) is 5.17 Å². The molecule has 0 aliphatic carbocycles. The molecule has 0 saturated heterocycles. The molecular weight excluding hydrogens is 198 g/mol. The van der Waals surface area contributed by atoms with E-state index in [1.807, 2.05) is 31.2 Å². The van der Waals surface area contributed by atoms with Gasteiger partial charge in [0.05, 0.1) is 17.3 Å². The van der Waals surface area contributed by atoms with Crippen molar-refractivity contribution < 1.29 is 0 Å². The molecule has 4 N–H and O–H groups in total. The normalized spacial score (nSPS) is 30.9. The van der Waals surface area contributed by atoms with E-state index in [0.717, 1.165) is 11.3 Å². The molecule has 3 nitrogen and oxygen atoms in total. The van der Waals surface area contributed by atoms with Crippen LogP contribution in [-0.4, -0.2) is 11.2 Å². The van der Waals surface area contributed by atoms with E-state index in [0.29, 0.717) is 5.17 Å². The molecule has 1 aromatic rings. The van der Waals surface area contributed by atoms with Gasteiger partial charge in [-0.25, -0.2) is 4.99 Å². The zero-order valence-corrected chi connectivity index (χ0v) is 8.62. The van der Waals surface area contributed by atoms with Gasteiger partial charge in [-0.15, -0.1) is 0 Å². The predicted octanol–water partition coefficient (Wildman–Crippen LogP) is 1.47. The van der Waals surface area contributed by atoms with Crippen LogP contribution in [0.25, 0.3) is 0 Å². The van der Waals surface area contributed by atoms with Crippen molar-refractivity contribution in [3.05, 3.63) is 29.8 Å². The average Bonchev–Trinajstić information content (AvgIpc) is 2.15. The smallest absolute Gasteiger partial charge is 0.125 e. The predicted molar refractivity (Wildman–Crippen MR) is 58.9 cm³/mol. The molecule has 0 bridgehead atoms. The first-order valence-corrected chi connectivity index (χ1v) is 4.79. The number of fused-ring (bicyclic) bond motifs is 1. The van der Waals surface area contributed by atoms with Crippen molar-refractivity contribution in [3.63, 3.8) is 0 Å². The van der Waals surface area contributed by atoms with E-state index >= 15 is 0 Å². The fourth-order valence-corrected chi connectivity index (χ4v) is 1.94. The molecule has 1 heterocycles. The molecule has 1 aliphatic heterocycles. The molecule has 74 valence electrons. The average molecular weight is 210 g/mol. The van der Waals surface area contributed by atoms with Crippen molar-refractivity contribution >= 4 is 22.5 Å². The topological polar surface area (TPSA) is 64.4 Å². The number of hydrogen-bond acceptors (Lipinski definition) is 3. The molecule has 2 unspecified atom stereocenters. The van der Waals surface area contributed by atoms with Gasteiger partial charge in [0.2, 0.25) is 0 Å². The van der Waals surface area contributed by atoms with E-state index in [4.69, 9.17) is 23.1 Å². The highest BCUT2D eigenvalue weighted by Gasteiger charge is 2.37. The van der Waals surface area contributed by atoms with Crippen molar-refractivity contribution in [1.29, 1.82) is 0 Å². The van der Waals surface area contributed by atoms with Crippen LogP contribution in [0.2, 0.25) is 0 Å². The molecule has 0 saturated carbocycles. The minimum Gasteiger partial charge on any atom is -0.320 e. The SMILES string of the molecule is CC1(N)c2ccccc2N=C(Cl)C1N. The van der Waals surface area contributed by atoms with Crippen LogP contribution in [0.5, 0.6) is 0 Å². The van der Waals surface area contributed by atoms with Gasteiger partial charge in [-0.3, -0.25) is 0 Å². The first kappa shape index (κ1) is 9.65. The standard InChI is InChI=1S/C10H12ClN3/c1-10(13)6-4-2-3-5-7(6)14-9(11)8(10)12/h2-5,8H,12-13H2,1H3. The first-order valence-electron chi connectivity index (χ1n) is 4.41. The second kappa shape index (κ2) is 3.05. The van der Waals surface area contributed by atoms with Crippen molar-refractivity contribution in [1.82, 2.24) is 0 Å². The molecule has 1 aromatic carbocycles. The van der Waals surface area contributed by atoms with Crippen LogP contribution in [-0.2, 0) is 5.54 Å². The van der Waals surface area contributed by atoms with E-state index < -0.39 is 11.6 Å². The van der Waals surface area contributed by atoms with Crippen LogP contribution in [0, 0.1) is 0 Å². The summed E-state index contributed by atoms with van der Waals surface area (Å²) in [6, 6.07) is 7.21. The summed E-state index contributed by atoms with van der Waals surface area (Å²) >= 11 is 5.92. The molecule has 0 amide bonds. The number of aliphatic imine (C=N–C) groups is 1. The number of hydrogen-bond donors (Lipinski definition) is 2. The Hall–Kier alpha value is -0.900. The van der Waals surface area contributed by atoms with Gasteiger partial charge in [0.15, 0.2) is 0 Å². The van der Waals surface area contributed by atoms with E-state index in [2.05, 4.69) is 4.99 Å². The summed E-state index contributed by atoms with van der Waals surface area (Å²) in [5, 5.41) is 0.369. The largest absolute Gasteiger partial charge is 0.320 e. The Morgan fingerprint density at radius 1 is 1.43 bits per heavy atom. The van der Waals surface area contributed by atoms with Crippen molar-refractivity contribution in [2.75, 3.05) is 0 Å². The lowest BCUT2D eigenvalue weighted by molar-refractivity contribution is 0.456. The molecule has 2 rings (SSSR count). The maximum Gasteiger partial charge on any atom is 0.125 e. The summed E-state index contributed by atoms with van der Waals surface area (Å²) < 4.78 is 0. The van der Waals surface area contributed by atoms with Crippen LogP contribution in [0.4, 0.5) is 5.69 Å². The summed E-state index contributed by atoms with van der Waals surface area (Å²) in [5.41, 5.74) is 13.1. The Kier molecular flexibility index (Phi) is 2.10. The lowest BCUT2D eigenvalue weighted by Gasteiger charge is -2.35. The van der Waals surface area contributed by atoms with Crippen LogP contribution < -0.4 is 11.5 Å². The molecule has 0 radical (unpaired) electrons. The lowest BCUT2D eigenvalue weighted by atomic mass is 9.83. The molecule has 1 aliphatic rings. The van der Waals surface area contributed by atoms with Gasteiger partial charge in [-0.05, 0) is 18.6 Å². The molecule has 0 fully saturated rings. The fourth-order valence-electron chi connectivity index (χ4n) is 1.63. The van der Waals surface area contributed by atoms with Gasteiger partial charge >= 0.3 is 0 Å². The zero-order valence-electron chi connectivity index (χ0n) is 7.87. The van der Waals surface area contributed by atoms with E-state index in [1.54, 1.807) is 0 Å². The Morgan fingerprint density at radius 2 is 2.07 bits per heavy atom. The van der Waals surface area contributed by atoms with Crippen molar-refractivity contribution in [2.45, 2.75) is 18.5 Å². The van der Waals surface area contributed by atoms with Crippen LogP contribution in [0.15, 0.2) is 29.3 Å². The summed E-state index contributed by atoms with van der Waals surface area (Å²) in [6.45, 7) is 1.87. The number of nitrogens with two attached hydrogens (primary N) is 2. The molecule has 14 heavy (non-hydrogen) atoms. The summed E-state index contributed by atoms with van der Waals surface area (Å²) in [6.07, 6.45) is 0. The van der Waals surface area contributed by atoms with E-state index in [9.17, 15) is 0 Å².